The van der Waals surface area contributed by atoms with Crippen molar-refractivity contribution in [3.05, 3.63) is 0 Å². The molecule has 5 fully saturated rings. The fourth-order valence-corrected chi connectivity index (χ4v) is 7.29. The number of fused-ring (bicyclic) bond motifs is 1. The molecule has 0 radical (unpaired) electrons. The number of hydrogen-bond donors (Lipinski definition) is 2. The SMILES string of the molecule is CC1CCCC2C(N)=NC(C34CC5CC(CC(O)(C5)C3)C4)C(=O)N12. The molecule has 6 aliphatic rings. The van der Waals surface area contributed by atoms with Crippen LogP contribution in [-0.2, 0) is 4.79 Å². The normalized spacial score (nSPS) is 53.1. The van der Waals surface area contributed by atoms with Crippen LogP contribution in [0.4, 0.5) is 0 Å². The number of amidine groups is 1. The zero-order valence-corrected chi connectivity index (χ0v) is 14.6. The van der Waals surface area contributed by atoms with Crippen molar-refractivity contribution < 1.29 is 9.90 Å². The van der Waals surface area contributed by atoms with Crippen molar-refractivity contribution in [1.82, 2.24) is 4.90 Å². The van der Waals surface area contributed by atoms with Crippen LogP contribution in [-0.4, -0.2) is 45.5 Å². The maximum Gasteiger partial charge on any atom is 0.248 e. The van der Waals surface area contributed by atoms with Gasteiger partial charge in [-0.15, -0.1) is 0 Å². The third kappa shape index (κ3) is 1.97. The Morgan fingerprint density at radius 3 is 2.58 bits per heavy atom. The third-order valence-electron chi connectivity index (χ3n) is 7.67. The Hall–Kier alpha value is -1.10. The Morgan fingerprint density at radius 2 is 1.92 bits per heavy atom. The fraction of sp³-hybridized carbons (Fsp3) is 0.895. The van der Waals surface area contributed by atoms with Gasteiger partial charge in [0.05, 0.1) is 11.6 Å². The van der Waals surface area contributed by atoms with Crippen molar-refractivity contribution in [2.45, 2.75) is 88.4 Å². The van der Waals surface area contributed by atoms with Gasteiger partial charge in [-0.25, -0.2) is 0 Å². The fourth-order valence-electron chi connectivity index (χ4n) is 7.29. The average Bonchev–Trinajstić information content (AvgIpc) is 2.48. The van der Waals surface area contributed by atoms with Crippen molar-refractivity contribution in [1.29, 1.82) is 0 Å². The Morgan fingerprint density at radius 1 is 1.21 bits per heavy atom. The van der Waals surface area contributed by atoms with E-state index >= 15 is 0 Å². The summed E-state index contributed by atoms with van der Waals surface area (Å²) < 4.78 is 0. The molecule has 5 atom stereocenters. The number of aliphatic hydroxyl groups is 1. The van der Waals surface area contributed by atoms with Gasteiger partial charge in [0, 0.05) is 11.5 Å². The minimum Gasteiger partial charge on any atom is -0.390 e. The molecule has 5 heteroatoms. The van der Waals surface area contributed by atoms with Gasteiger partial charge in [-0.3, -0.25) is 9.79 Å². The largest absolute Gasteiger partial charge is 0.390 e. The minimum atomic E-state index is -0.557. The van der Waals surface area contributed by atoms with Crippen LogP contribution in [0.1, 0.15) is 64.7 Å². The van der Waals surface area contributed by atoms with E-state index in [2.05, 4.69) is 6.92 Å². The number of carbonyl (C=O) groups is 1. The van der Waals surface area contributed by atoms with Crippen LogP contribution in [0.15, 0.2) is 4.99 Å². The second-order valence-electron chi connectivity index (χ2n) is 9.55. The number of nitrogens with zero attached hydrogens (tertiary/aromatic N) is 2. The maximum atomic E-state index is 13.4. The number of piperidine rings is 1. The molecule has 1 saturated heterocycles. The summed E-state index contributed by atoms with van der Waals surface area (Å²) in [4.78, 5) is 20.3. The van der Waals surface area contributed by atoms with Gasteiger partial charge < -0.3 is 15.7 Å². The first-order valence-electron chi connectivity index (χ1n) is 9.77. The lowest BCUT2D eigenvalue weighted by Crippen LogP contribution is -2.67. The number of nitrogens with two attached hydrogens (primary N) is 1. The molecule has 0 aromatic rings. The van der Waals surface area contributed by atoms with Crippen LogP contribution in [0, 0.1) is 17.3 Å². The lowest BCUT2D eigenvalue weighted by molar-refractivity contribution is -0.179. The first-order chi connectivity index (χ1) is 11.4. The summed E-state index contributed by atoms with van der Waals surface area (Å²) >= 11 is 0. The number of hydrogen-bond acceptors (Lipinski definition) is 4. The van der Waals surface area contributed by atoms with Gasteiger partial charge in [0.2, 0.25) is 5.91 Å². The van der Waals surface area contributed by atoms with Gasteiger partial charge in [0.1, 0.15) is 11.9 Å². The summed E-state index contributed by atoms with van der Waals surface area (Å²) in [5, 5.41) is 11.0. The van der Waals surface area contributed by atoms with E-state index in [1.54, 1.807) is 0 Å². The second kappa shape index (κ2) is 4.75. The summed E-state index contributed by atoms with van der Waals surface area (Å²) in [5.74, 6) is 1.98. The van der Waals surface area contributed by atoms with Gasteiger partial charge >= 0.3 is 0 Å². The molecule has 0 aromatic carbocycles. The Bertz CT molecular complexity index is 602. The zero-order chi connectivity index (χ0) is 16.7. The Kier molecular flexibility index (Phi) is 3.00. The molecule has 0 spiro atoms. The first-order valence-corrected chi connectivity index (χ1v) is 9.77. The Balaban J connectivity index is 1.54. The molecule has 0 aromatic heterocycles. The monoisotopic (exact) mass is 331 g/mol. The molecular formula is C19H29N3O2. The van der Waals surface area contributed by atoms with Crippen molar-refractivity contribution in [3.8, 4) is 0 Å². The van der Waals surface area contributed by atoms with Crippen molar-refractivity contribution in [2.75, 3.05) is 0 Å². The van der Waals surface area contributed by atoms with Crippen molar-refractivity contribution in [2.24, 2.45) is 28.0 Å². The van der Waals surface area contributed by atoms with Crippen LogP contribution in [0.2, 0.25) is 0 Å². The summed E-state index contributed by atoms with van der Waals surface area (Å²) in [6.45, 7) is 2.15. The second-order valence-corrected chi connectivity index (χ2v) is 9.55. The molecule has 5 nitrogen and oxygen atoms in total. The van der Waals surface area contributed by atoms with Crippen molar-refractivity contribution >= 4 is 11.7 Å². The van der Waals surface area contributed by atoms with E-state index in [-0.39, 0.29) is 29.4 Å². The average molecular weight is 331 g/mol. The van der Waals surface area contributed by atoms with Crippen LogP contribution in [0.3, 0.4) is 0 Å². The van der Waals surface area contributed by atoms with E-state index in [4.69, 9.17) is 10.7 Å². The van der Waals surface area contributed by atoms with E-state index in [0.717, 1.165) is 51.4 Å². The lowest BCUT2D eigenvalue weighted by atomic mass is 9.46. The zero-order valence-electron chi connectivity index (χ0n) is 14.6. The molecule has 24 heavy (non-hydrogen) atoms. The first kappa shape index (κ1) is 15.2. The molecule has 2 heterocycles. The molecule has 132 valence electrons. The van der Waals surface area contributed by atoms with Gasteiger partial charge in [-0.1, -0.05) is 0 Å². The molecule has 1 amide bonds. The lowest BCUT2D eigenvalue weighted by Gasteiger charge is -2.62. The minimum absolute atomic E-state index is 0.00880. The molecule has 2 aliphatic heterocycles. The highest BCUT2D eigenvalue weighted by Gasteiger charge is 2.62. The predicted molar refractivity (Wildman–Crippen MR) is 91.4 cm³/mol. The molecule has 4 saturated carbocycles. The highest BCUT2D eigenvalue weighted by molar-refractivity contribution is 5.98. The van der Waals surface area contributed by atoms with E-state index in [0.29, 0.717) is 17.7 Å². The van der Waals surface area contributed by atoms with E-state index < -0.39 is 5.60 Å². The van der Waals surface area contributed by atoms with Crippen molar-refractivity contribution in [3.63, 3.8) is 0 Å². The molecule has 4 bridgehead atoms. The summed E-state index contributed by atoms with van der Waals surface area (Å²) in [5.41, 5.74) is 5.64. The van der Waals surface area contributed by atoms with Crippen LogP contribution in [0.5, 0.6) is 0 Å². The van der Waals surface area contributed by atoms with Gasteiger partial charge in [-0.05, 0) is 76.5 Å². The summed E-state index contributed by atoms with van der Waals surface area (Å²) in [6.07, 6.45) is 9.04. The maximum absolute atomic E-state index is 13.4. The number of amides is 1. The molecule has 3 N–H and O–H groups in total. The molecule has 4 aliphatic carbocycles. The molecular weight excluding hydrogens is 302 g/mol. The number of rotatable bonds is 1. The highest BCUT2D eigenvalue weighted by Crippen LogP contribution is 2.63. The van der Waals surface area contributed by atoms with Gasteiger partial charge in [0.25, 0.3) is 0 Å². The van der Waals surface area contributed by atoms with E-state index in [1.807, 2.05) is 4.90 Å². The molecule has 5 unspecified atom stereocenters. The van der Waals surface area contributed by atoms with Gasteiger partial charge in [0.15, 0.2) is 0 Å². The molecule has 6 rings (SSSR count). The highest BCUT2D eigenvalue weighted by atomic mass is 16.3. The standard InChI is InChI=1S/C19H29N3O2/c1-11-3-2-4-14-16(20)21-15(17(23)22(11)14)18-6-12-5-13(7-18)9-19(24,8-12)10-18/h11-15,24H,2-10H2,1H3,(H2,20,21). The quantitative estimate of drug-likeness (QED) is 0.769. The van der Waals surface area contributed by atoms with Gasteiger partial charge in [-0.2, -0.15) is 0 Å². The predicted octanol–water partition coefficient (Wildman–Crippen LogP) is 1.83. The summed E-state index contributed by atoms with van der Waals surface area (Å²) in [6, 6.07) is -0.0916. The number of aliphatic imine (C=N–C) groups is 1. The number of carbonyl (C=O) groups excluding carboxylic acids is 1. The van der Waals surface area contributed by atoms with Crippen LogP contribution in [0.25, 0.3) is 0 Å². The van der Waals surface area contributed by atoms with Crippen LogP contribution >= 0.6 is 0 Å². The topological polar surface area (TPSA) is 78.9 Å². The summed E-state index contributed by atoms with van der Waals surface area (Å²) in [7, 11) is 0. The third-order valence-corrected chi connectivity index (χ3v) is 7.67. The van der Waals surface area contributed by atoms with E-state index in [1.165, 1.54) is 6.42 Å². The van der Waals surface area contributed by atoms with Crippen LogP contribution < -0.4 is 5.73 Å². The van der Waals surface area contributed by atoms with E-state index in [9.17, 15) is 9.90 Å². The Labute approximate surface area is 143 Å². The smallest absolute Gasteiger partial charge is 0.248 e.